The SMILES string of the molecule is CCn1ccnc1C1CCCN(C(=O)c2c[nH]c3ccc(F)cc3c2=O)C1. The Morgan fingerprint density at radius 2 is 2.26 bits per heavy atom. The van der Waals surface area contributed by atoms with Gasteiger partial charge in [0.2, 0.25) is 5.43 Å². The van der Waals surface area contributed by atoms with Crippen molar-refractivity contribution in [1.29, 1.82) is 0 Å². The molecular formula is C20H21FN4O2. The number of carbonyl (C=O) groups excluding carboxylic acids is 1. The number of aromatic nitrogens is 3. The fraction of sp³-hybridized carbons (Fsp3) is 0.350. The van der Waals surface area contributed by atoms with E-state index in [-0.39, 0.29) is 22.8 Å². The highest BCUT2D eigenvalue weighted by atomic mass is 19.1. The molecule has 0 radical (unpaired) electrons. The number of pyridine rings is 1. The van der Waals surface area contributed by atoms with E-state index in [2.05, 4.69) is 21.5 Å². The number of rotatable bonds is 3. The third-order valence-corrected chi connectivity index (χ3v) is 5.24. The average Bonchev–Trinajstić information content (AvgIpc) is 3.17. The number of fused-ring (bicyclic) bond motifs is 1. The van der Waals surface area contributed by atoms with E-state index in [9.17, 15) is 14.0 Å². The average molecular weight is 368 g/mol. The van der Waals surface area contributed by atoms with Crippen molar-refractivity contribution in [3.63, 3.8) is 0 Å². The Balaban J connectivity index is 1.63. The maximum atomic E-state index is 13.5. The van der Waals surface area contributed by atoms with Crippen molar-refractivity contribution in [3.8, 4) is 0 Å². The van der Waals surface area contributed by atoms with Crippen LogP contribution in [0.25, 0.3) is 10.9 Å². The number of nitrogens with zero attached hydrogens (tertiary/aromatic N) is 3. The van der Waals surface area contributed by atoms with Gasteiger partial charge in [-0.25, -0.2) is 9.37 Å². The second kappa shape index (κ2) is 6.98. The summed E-state index contributed by atoms with van der Waals surface area (Å²) < 4.78 is 15.6. The number of nitrogens with one attached hydrogen (secondary N) is 1. The van der Waals surface area contributed by atoms with Crippen LogP contribution in [0.2, 0.25) is 0 Å². The van der Waals surface area contributed by atoms with Crippen molar-refractivity contribution in [1.82, 2.24) is 19.4 Å². The van der Waals surface area contributed by atoms with Crippen molar-refractivity contribution < 1.29 is 9.18 Å². The molecule has 0 aliphatic carbocycles. The molecule has 1 unspecified atom stereocenters. The van der Waals surface area contributed by atoms with Gasteiger partial charge in [-0.05, 0) is 38.0 Å². The van der Waals surface area contributed by atoms with Gasteiger partial charge in [0.15, 0.2) is 0 Å². The summed E-state index contributed by atoms with van der Waals surface area (Å²) in [7, 11) is 0. The van der Waals surface area contributed by atoms with E-state index < -0.39 is 11.2 Å². The minimum absolute atomic E-state index is 0.0487. The van der Waals surface area contributed by atoms with Gasteiger partial charge in [-0.1, -0.05) is 0 Å². The smallest absolute Gasteiger partial charge is 0.259 e. The number of imidazole rings is 1. The van der Waals surface area contributed by atoms with Gasteiger partial charge < -0.3 is 14.5 Å². The highest BCUT2D eigenvalue weighted by Gasteiger charge is 2.29. The van der Waals surface area contributed by atoms with Gasteiger partial charge in [-0.15, -0.1) is 0 Å². The van der Waals surface area contributed by atoms with E-state index in [1.165, 1.54) is 24.4 Å². The molecule has 1 amide bonds. The van der Waals surface area contributed by atoms with E-state index in [0.717, 1.165) is 25.2 Å². The van der Waals surface area contributed by atoms with Gasteiger partial charge in [0.25, 0.3) is 5.91 Å². The van der Waals surface area contributed by atoms with Crippen molar-refractivity contribution in [2.24, 2.45) is 0 Å². The molecule has 6 nitrogen and oxygen atoms in total. The zero-order valence-corrected chi connectivity index (χ0v) is 15.1. The molecule has 1 saturated heterocycles. The Morgan fingerprint density at radius 1 is 1.41 bits per heavy atom. The first-order valence-electron chi connectivity index (χ1n) is 9.19. The number of aromatic amines is 1. The summed E-state index contributed by atoms with van der Waals surface area (Å²) in [4.78, 5) is 34.8. The molecule has 3 heterocycles. The molecule has 1 fully saturated rings. The maximum Gasteiger partial charge on any atom is 0.259 e. The summed E-state index contributed by atoms with van der Waals surface area (Å²) in [6, 6.07) is 3.95. The van der Waals surface area contributed by atoms with E-state index in [1.54, 1.807) is 11.1 Å². The van der Waals surface area contributed by atoms with E-state index >= 15 is 0 Å². The van der Waals surface area contributed by atoms with E-state index in [1.807, 2.05) is 6.20 Å². The molecule has 1 aliphatic heterocycles. The predicted octanol–water partition coefficient (Wildman–Crippen LogP) is 2.90. The molecule has 27 heavy (non-hydrogen) atoms. The lowest BCUT2D eigenvalue weighted by molar-refractivity contribution is 0.0702. The summed E-state index contributed by atoms with van der Waals surface area (Å²) >= 11 is 0. The van der Waals surface area contributed by atoms with Crippen LogP contribution in [0.1, 0.15) is 41.9 Å². The molecule has 1 aliphatic rings. The Hall–Kier alpha value is -2.96. The number of halogens is 1. The standard InChI is InChI=1S/C20H21FN4O2/c1-2-24-9-7-22-19(24)13-4-3-8-25(12-13)20(27)16-11-23-17-6-5-14(21)10-15(17)18(16)26/h5-7,9-11,13H,2-4,8,12H2,1H3,(H,23,26). The molecule has 3 aromatic rings. The van der Waals surface area contributed by atoms with Crippen LogP contribution in [-0.2, 0) is 6.54 Å². The molecule has 2 aromatic heterocycles. The molecule has 4 rings (SSSR count). The number of likely N-dealkylation sites (tertiary alicyclic amines) is 1. The number of hydrogen-bond acceptors (Lipinski definition) is 3. The molecule has 0 spiro atoms. The topological polar surface area (TPSA) is 71.0 Å². The highest BCUT2D eigenvalue weighted by Crippen LogP contribution is 2.26. The van der Waals surface area contributed by atoms with Crippen molar-refractivity contribution >= 4 is 16.8 Å². The number of piperidine rings is 1. The molecule has 1 atom stereocenters. The van der Waals surface area contributed by atoms with Crippen LogP contribution in [0.5, 0.6) is 0 Å². The number of H-pyrrole nitrogens is 1. The van der Waals surface area contributed by atoms with Crippen molar-refractivity contribution in [3.05, 3.63) is 64.2 Å². The summed E-state index contributed by atoms with van der Waals surface area (Å²) in [6.07, 6.45) is 6.97. The Labute approximate surface area is 155 Å². The van der Waals surface area contributed by atoms with Crippen LogP contribution < -0.4 is 5.43 Å². The van der Waals surface area contributed by atoms with Gasteiger partial charge in [-0.3, -0.25) is 9.59 Å². The highest BCUT2D eigenvalue weighted by molar-refractivity contribution is 5.97. The van der Waals surface area contributed by atoms with Gasteiger partial charge in [0.1, 0.15) is 17.2 Å². The number of aryl methyl sites for hydroxylation is 1. The van der Waals surface area contributed by atoms with E-state index in [4.69, 9.17) is 0 Å². The predicted molar refractivity (Wildman–Crippen MR) is 100 cm³/mol. The Morgan fingerprint density at radius 3 is 3.07 bits per heavy atom. The number of hydrogen-bond donors (Lipinski definition) is 1. The molecule has 0 bridgehead atoms. The molecular weight excluding hydrogens is 347 g/mol. The molecule has 0 saturated carbocycles. The Kier molecular flexibility index (Phi) is 4.51. The first-order valence-corrected chi connectivity index (χ1v) is 9.19. The largest absolute Gasteiger partial charge is 0.360 e. The van der Waals surface area contributed by atoms with Crippen LogP contribution in [-0.4, -0.2) is 38.4 Å². The fourth-order valence-electron chi connectivity index (χ4n) is 3.84. The van der Waals surface area contributed by atoms with Gasteiger partial charge in [-0.2, -0.15) is 0 Å². The lowest BCUT2D eigenvalue weighted by atomic mass is 9.96. The molecule has 140 valence electrons. The lowest BCUT2D eigenvalue weighted by Gasteiger charge is -2.32. The third kappa shape index (κ3) is 3.13. The minimum Gasteiger partial charge on any atom is -0.360 e. The van der Waals surface area contributed by atoms with Gasteiger partial charge in [0, 0.05) is 55.0 Å². The molecule has 1 aromatic carbocycles. The minimum atomic E-state index is -0.498. The normalized spacial score (nSPS) is 17.4. The van der Waals surface area contributed by atoms with Crippen molar-refractivity contribution in [2.45, 2.75) is 32.2 Å². The molecule has 1 N–H and O–H groups in total. The van der Waals surface area contributed by atoms with Gasteiger partial charge in [0.05, 0.1) is 0 Å². The zero-order valence-electron chi connectivity index (χ0n) is 15.1. The Bertz CT molecular complexity index is 1060. The molecule has 7 heteroatoms. The number of benzene rings is 1. The van der Waals surface area contributed by atoms with Crippen molar-refractivity contribution in [2.75, 3.05) is 13.1 Å². The summed E-state index contributed by atoms with van der Waals surface area (Å²) in [6.45, 7) is 4.01. The van der Waals surface area contributed by atoms with Crippen LogP contribution in [0.4, 0.5) is 4.39 Å². The fourth-order valence-corrected chi connectivity index (χ4v) is 3.84. The third-order valence-electron chi connectivity index (χ3n) is 5.24. The summed E-state index contributed by atoms with van der Waals surface area (Å²) in [5.41, 5.74) is 0.123. The van der Waals surface area contributed by atoms with Crippen LogP contribution in [0.3, 0.4) is 0 Å². The van der Waals surface area contributed by atoms with Gasteiger partial charge >= 0.3 is 0 Å². The zero-order chi connectivity index (χ0) is 19.0. The summed E-state index contributed by atoms with van der Waals surface area (Å²) in [5.74, 6) is 0.308. The first-order chi connectivity index (χ1) is 13.1. The number of amides is 1. The number of carbonyl (C=O) groups is 1. The summed E-state index contributed by atoms with van der Waals surface area (Å²) in [5, 5.41) is 0.191. The maximum absolute atomic E-state index is 13.5. The van der Waals surface area contributed by atoms with Crippen LogP contribution in [0.15, 0.2) is 41.6 Å². The first kappa shape index (κ1) is 17.5. The quantitative estimate of drug-likeness (QED) is 0.773. The second-order valence-corrected chi connectivity index (χ2v) is 6.88. The second-order valence-electron chi connectivity index (χ2n) is 6.88. The monoisotopic (exact) mass is 368 g/mol. The van der Waals surface area contributed by atoms with E-state index in [0.29, 0.717) is 18.6 Å². The van der Waals surface area contributed by atoms with Crippen LogP contribution >= 0.6 is 0 Å². The lowest BCUT2D eigenvalue weighted by Crippen LogP contribution is -2.41. The van der Waals surface area contributed by atoms with Crippen LogP contribution in [0, 0.1) is 5.82 Å².